The first kappa shape index (κ1) is 9.73. The SMILES string of the molecule is c1csc(-c2nnc(NC3CCOC3)o2)n1. The lowest BCUT2D eigenvalue weighted by molar-refractivity contribution is 0.195. The molecule has 1 fully saturated rings. The number of nitrogens with zero attached hydrogens (tertiary/aromatic N) is 3. The molecule has 1 aliphatic rings. The molecule has 0 aromatic carbocycles. The number of ether oxygens (including phenoxy) is 1. The summed E-state index contributed by atoms with van der Waals surface area (Å²) in [5.74, 6) is 0.455. The molecule has 2 aromatic heterocycles. The molecule has 1 unspecified atom stereocenters. The standard InChI is InChI=1S/C9H10N4O2S/c1-3-14-5-6(1)11-9-13-12-7(15-9)8-10-2-4-16-8/h2,4,6H,1,3,5H2,(H,11,13). The molecule has 1 atom stereocenters. The first-order valence-electron chi connectivity index (χ1n) is 4.99. The summed E-state index contributed by atoms with van der Waals surface area (Å²) >= 11 is 1.47. The van der Waals surface area contributed by atoms with Gasteiger partial charge in [0.1, 0.15) is 0 Å². The Morgan fingerprint density at radius 3 is 3.19 bits per heavy atom. The van der Waals surface area contributed by atoms with E-state index in [1.807, 2.05) is 5.38 Å². The summed E-state index contributed by atoms with van der Waals surface area (Å²) in [6, 6.07) is 0.699. The summed E-state index contributed by atoms with van der Waals surface area (Å²) < 4.78 is 10.7. The van der Waals surface area contributed by atoms with Gasteiger partial charge in [-0.05, 0) is 6.42 Å². The van der Waals surface area contributed by atoms with Crippen molar-refractivity contribution in [3.8, 4) is 10.9 Å². The van der Waals surface area contributed by atoms with E-state index < -0.39 is 0 Å². The molecule has 0 spiro atoms. The van der Waals surface area contributed by atoms with Crippen LogP contribution in [0.4, 0.5) is 6.01 Å². The molecule has 0 saturated carbocycles. The Labute approximate surface area is 95.7 Å². The molecule has 3 rings (SSSR count). The van der Waals surface area contributed by atoms with Crippen molar-refractivity contribution in [2.75, 3.05) is 18.5 Å². The minimum Gasteiger partial charge on any atom is -0.401 e. The van der Waals surface area contributed by atoms with Crippen molar-refractivity contribution < 1.29 is 9.15 Å². The minimum atomic E-state index is 0.268. The lowest BCUT2D eigenvalue weighted by Crippen LogP contribution is -2.18. The molecule has 7 heteroatoms. The van der Waals surface area contributed by atoms with Gasteiger partial charge in [-0.25, -0.2) is 4.98 Å². The monoisotopic (exact) mass is 238 g/mol. The molecule has 1 saturated heterocycles. The number of thiazole rings is 1. The second-order valence-electron chi connectivity index (χ2n) is 3.45. The lowest BCUT2D eigenvalue weighted by atomic mass is 10.3. The summed E-state index contributed by atoms with van der Waals surface area (Å²) in [7, 11) is 0. The van der Waals surface area contributed by atoms with Crippen LogP contribution in [0.15, 0.2) is 16.0 Å². The van der Waals surface area contributed by atoms with Crippen LogP contribution >= 0.6 is 11.3 Å². The third-order valence-electron chi connectivity index (χ3n) is 2.30. The van der Waals surface area contributed by atoms with Crippen LogP contribution in [-0.2, 0) is 4.74 Å². The van der Waals surface area contributed by atoms with E-state index in [1.165, 1.54) is 11.3 Å². The average molecular weight is 238 g/mol. The number of hydrogen-bond acceptors (Lipinski definition) is 7. The van der Waals surface area contributed by atoms with E-state index in [1.54, 1.807) is 6.20 Å². The Morgan fingerprint density at radius 1 is 1.44 bits per heavy atom. The smallest absolute Gasteiger partial charge is 0.316 e. The fraction of sp³-hybridized carbons (Fsp3) is 0.444. The highest BCUT2D eigenvalue weighted by atomic mass is 32.1. The number of anilines is 1. The van der Waals surface area contributed by atoms with Gasteiger partial charge < -0.3 is 14.5 Å². The molecule has 84 valence electrons. The van der Waals surface area contributed by atoms with E-state index in [9.17, 15) is 0 Å². The molecule has 16 heavy (non-hydrogen) atoms. The van der Waals surface area contributed by atoms with E-state index >= 15 is 0 Å². The normalized spacial score (nSPS) is 20.1. The van der Waals surface area contributed by atoms with Crippen LogP contribution in [0.5, 0.6) is 0 Å². The Kier molecular flexibility index (Phi) is 2.55. The van der Waals surface area contributed by atoms with Gasteiger partial charge >= 0.3 is 6.01 Å². The van der Waals surface area contributed by atoms with E-state index in [0.717, 1.165) is 18.0 Å². The molecule has 0 radical (unpaired) electrons. The third kappa shape index (κ3) is 1.91. The van der Waals surface area contributed by atoms with Crippen LogP contribution in [0.1, 0.15) is 6.42 Å². The van der Waals surface area contributed by atoms with Gasteiger partial charge in [-0.15, -0.1) is 16.4 Å². The van der Waals surface area contributed by atoms with Gasteiger partial charge in [-0.3, -0.25) is 0 Å². The van der Waals surface area contributed by atoms with Gasteiger partial charge in [-0.1, -0.05) is 5.10 Å². The van der Waals surface area contributed by atoms with Crippen molar-refractivity contribution in [3.05, 3.63) is 11.6 Å². The van der Waals surface area contributed by atoms with Crippen LogP contribution in [0, 0.1) is 0 Å². The molecule has 0 bridgehead atoms. The van der Waals surface area contributed by atoms with Gasteiger partial charge in [0.25, 0.3) is 5.89 Å². The maximum absolute atomic E-state index is 5.45. The fourth-order valence-electron chi connectivity index (χ4n) is 1.52. The maximum Gasteiger partial charge on any atom is 0.316 e. The summed E-state index contributed by atoms with van der Waals surface area (Å²) in [5, 5.41) is 13.6. The van der Waals surface area contributed by atoms with Gasteiger partial charge in [-0.2, -0.15) is 0 Å². The Morgan fingerprint density at radius 2 is 2.44 bits per heavy atom. The molecule has 0 amide bonds. The predicted molar refractivity (Wildman–Crippen MR) is 58.3 cm³/mol. The Balaban J connectivity index is 1.72. The van der Waals surface area contributed by atoms with E-state index in [2.05, 4.69) is 20.5 Å². The average Bonchev–Trinajstić information content (AvgIpc) is 2.99. The quantitative estimate of drug-likeness (QED) is 0.871. The van der Waals surface area contributed by atoms with Crippen LogP contribution in [-0.4, -0.2) is 34.4 Å². The van der Waals surface area contributed by atoms with Crippen LogP contribution in [0.3, 0.4) is 0 Å². The van der Waals surface area contributed by atoms with Crippen molar-refractivity contribution in [3.63, 3.8) is 0 Å². The molecule has 2 aromatic rings. The Bertz CT molecular complexity index is 450. The van der Waals surface area contributed by atoms with E-state index in [-0.39, 0.29) is 6.04 Å². The van der Waals surface area contributed by atoms with Gasteiger partial charge in [0.15, 0.2) is 5.01 Å². The molecule has 0 aliphatic carbocycles. The molecule has 3 heterocycles. The number of hydrogen-bond donors (Lipinski definition) is 1. The summed E-state index contributed by atoms with van der Waals surface area (Å²) in [4.78, 5) is 4.10. The zero-order valence-corrected chi connectivity index (χ0v) is 9.24. The highest BCUT2D eigenvalue weighted by Gasteiger charge is 2.18. The number of nitrogens with one attached hydrogen (secondary N) is 1. The third-order valence-corrected chi connectivity index (χ3v) is 3.06. The lowest BCUT2D eigenvalue weighted by Gasteiger charge is -2.05. The van der Waals surface area contributed by atoms with Gasteiger partial charge in [0.2, 0.25) is 0 Å². The van der Waals surface area contributed by atoms with Crippen molar-refractivity contribution in [2.24, 2.45) is 0 Å². The second kappa shape index (κ2) is 4.18. The molecule has 1 aliphatic heterocycles. The molecule has 1 N–H and O–H groups in total. The first-order valence-corrected chi connectivity index (χ1v) is 5.87. The number of aromatic nitrogens is 3. The first-order chi connectivity index (χ1) is 7.92. The van der Waals surface area contributed by atoms with Crippen molar-refractivity contribution in [1.82, 2.24) is 15.2 Å². The fourth-order valence-corrected chi connectivity index (χ4v) is 2.08. The van der Waals surface area contributed by atoms with Crippen molar-refractivity contribution in [1.29, 1.82) is 0 Å². The predicted octanol–water partition coefficient (Wildman–Crippen LogP) is 1.39. The summed E-state index contributed by atoms with van der Waals surface area (Å²) in [5.41, 5.74) is 0. The molecular weight excluding hydrogens is 228 g/mol. The number of rotatable bonds is 3. The topological polar surface area (TPSA) is 73.1 Å². The molecule has 6 nitrogen and oxygen atoms in total. The summed E-state index contributed by atoms with van der Waals surface area (Å²) in [6.45, 7) is 1.47. The maximum atomic E-state index is 5.45. The van der Waals surface area contributed by atoms with Crippen LogP contribution in [0.2, 0.25) is 0 Å². The van der Waals surface area contributed by atoms with Crippen molar-refractivity contribution >= 4 is 17.4 Å². The van der Waals surface area contributed by atoms with Crippen molar-refractivity contribution in [2.45, 2.75) is 12.5 Å². The Hall–Kier alpha value is -1.47. The van der Waals surface area contributed by atoms with Crippen LogP contribution in [0.25, 0.3) is 10.9 Å². The highest BCUT2D eigenvalue weighted by Crippen LogP contribution is 2.22. The summed E-state index contributed by atoms with van der Waals surface area (Å²) in [6.07, 6.45) is 2.68. The zero-order chi connectivity index (χ0) is 10.8. The largest absolute Gasteiger partial charge is 0.401 e. The minimum absolute atomic E-state index is 0.268. The molecular formula is C9H10N4O2S. The zero-order valence-electron chi connectivity index (χ0n) is 8.42. The van der Waals surface area contributed by atoms with Crippen LogP contribution < -0.4 is 5.32 Å². The highest BCUT2D eigenvalue weighted by molar-refractivity contribution is 7.12. The van der Waals surface area contributed by atoms with E-state index in [4.69, 9.17) is 9.15 Å². The van der Waals surface area contributed by atoms with Gasteiger partial charge in [0.05, 0.1) is 12.6 Å². The second-order valence-corrected chi connectivity index (χ2v) is 4.35. The van der Waals surface area contributed by atoms with Gasteiger partial charge in [0, 0.05) is 18.2 Å². The van der Waals surface area contributed by atoms with E-state index in [0.29, 0.717) is 18.5 Å².